The Bertz CT molecular complexity index is 1270. The average molecular weight is 938 g/mol. The van der Waals surface area contributed by atoms with Crippen molar-refractivity contribution in [2.24, 2.45) is 11.8 Å². The van der Waals surface area contributed by atoms with E-state index in [0.717, 1.165) is 67.1 Å². The van der Waals surface area contributed by atoms with E-state index in [-0.39, 0.29) is 118 Å². The summed E-state index contributed by atoms with van der Waals surface area (Å²) >= 11 is 0. The van der Waals surface area contributed by atoms with E-state index in [1.54, 1.807) is 12.1 Å². The first kappa shape index (κ1) is 89.4. The Morgan fingerprint density at radius 2 is 1.09 bits per heavy atom. The summed E-state index contributed by atoms with van der Waals surface area (Å²) in [5, 5.41) is 10.8. The van der Waals surface area contributed by atoms with Gasteiger partial charge in [-0.2, -0.15) is 8.78 Å². The van der Waals surface area contributed by atoms with Crippen molar-refractivity contribution in [1.29, 1.82) is 0 Å². The standard InChI is InChI=1S/C20H32O2.C16H24F2O.C11H22O.12CH4/c1-13-8-9-17(22-12-13)14-10-15(19(2,3)4)18(21)16(11-14)20(5,6)7;1-5-7-9-16(17,18)19-14-10-12(3)15(8-6-2)13(4)11-14;1-3-5-10-7-8-11(6-4-2)12-9-10;;;;;;;;;;;;/h10-11,13,17,21H,8-9,12H2,1-7H3;10-11H,5-9H2,1-4H3;10-11H,3-9H2,1-2H3;12*1H4. The van der Waals surface area contributed by atoms with Gasteiger partial charge < -0.3 is 19.3 Å². The van der Waals surface area contributed by atoms with Gasteiger partial charge in [-0.05, 0) is 146 Å². The molecule has 0 spiro atoms. The summed E-state index contributed by atoms with van der Waals surface area (Å²) in [6, 6.07) is 7.76. The molecule has 65 heavy (non-hydrogen) atoms. The average Bonchev–Trinajstić information content (AvgIpc) is 3.06. The minimum absolute atomic E-state index is 0. The van der Waals surface area contributed by atoms with Gasteiger partial charge in [-0.25, -0.2) is 0 Å². The number of hydrogen-bond acceptors (Lipinski definition) is 4. The maximum atomic E-state index is 13.6. The molecule has 0 aromatic heterocycles. The van der Waals surface area contributed by atoms with E-state index in [0.29, 0.717) is 24.2 Å². The Hall–Kier alpha value is -2.18. The fraction of sp³-hybridized carbons (Fsp3) is 0.797. The lowest BCUT2D eigenvalue weighted by molar-refractivity contribution is -0.181. The molecule has 2 aliphatic rings. The van der Waals surface area contributed by atoms with Crippen LogP contribution in [0.3, 0.4) is 0 Å². The molecular formula is C59H126F2O4. The van der Waals surface area contributed by atoms with Crippen LogP contribution in [-0.4, -0.2) is 30.5 Å². The van der Waals surface area contributed by atoms with E-state index in [2.05, 4.69) is 81.4 Å². The number of ether oxygens (including phenoxy) is 3. The lowest BCUT2D eigenvalue weighted by atomic mass is 9.77. The molecule has 0 saturated carbocycles. The van der Waals surface area contributed by atoms with Crippen LogP contribution in [-0.2, 0) is 26.7 Å². The Morgan fingerprint density at radius 3 is 1.45 bits per heavy atom. The Balaban J connectivity index is -0.0000000705. The topological polar surface area (TPSA) is 47.9 Å². The second kappa shape index (κ2) is 42.0. The summed E-state index contributed by atoms with van der Waals surface area (Å²) < 4.78 is 43.9. The zero-order chi connectivity index (χ0) is 40.0. The SMILES string of the molecule is C.C.C.C.C.C.C.C.C.C.C.C.CC1CCC(c2cc(C(C)(C)C)c(O)c(C(C)(C)C)c2)OC1.CCCC1CCC(CCC)OC1.CCCCC(F)(F)Oc1cc(C)c(CCC)c(C)c1. The zero-order valence-corrected chi connectivity index (χ0v) is 36.2. The minimum atomic E-state index is -3.07. The number of halogens is 2. The van der Waals surface area contributed by atoms with Crippen LogP contribution in [0.4, 0.5) is 8.78 Å². The highest BCUT2D eigenvalue weighted by molar-refractivity contribution is 5.50. The molecule has 400 valence electrons. The summed E-state index contributed by atoms with van der Waals surface area (Å²) in [5.74, 6) is 2.24. The third-order valence-corrected chi connectivity index (χ3v) is 10.7. The van der Waals surface area contributed by atoms with Gasteiger partial charge >= 0.3 is 6.11 Å². The van der Waals surface area contributed by atoms with E-state index < -0.39 is 6.11 Å². The Kier molecular flexibility index (Phi) is 57.7. The van der Waals surface area contributed by atoms with Gasteiger partial charge in [0.15, 0.2) is 0 Å². The molecule has 2 heterocycles. The highest BCUT2D eigenvalue weighted by Crippen LogP contribution is 2.43. The van der Waals surface area contributed by atoms with Crippen LogP contribution in [0.25, 0.3) is 0 Å². The van der Waals surface area contributed by atoms with Crippen molar-refractivity contribution in [3.8, 4) is 11.5 Å². The lowest BCUT2D eigenvalue weighted by Gasteiger charge is -2.32. The van der Waals surface area contributed by atoms with E-state index in [9.17, 15) is 13.9 Å². The number of phenols is 1. The molecule has 0 aliphatic carbocycles. The molecule has 4 nitrogen and oxygen atoms in total. The number of benzene rings is 2. The summed E-state index contributed by atoms with van der Waals surface area (Å²) in [5.41, 5.74) is 6.41. The maximum Gasteiger partial charge on any atom is 0.397 e. The van der Waals surface area contributed by atoms with Gasteiger partial charge in [0, 0.05) is 13.2 Å². The third kappa shape index (κ3) is 30.7. The summed E-state index contributed by atoms with van der Waals surface area (Å²) in [7, 11) is 0. The van der Waals surface area contributed by atoms with Gasteiger partial charge in [0.25, 0.3) is 0 Å². The fourth-order valence-electron chi connectivity index (χ4n) is 7.44. The second-order valence-electron chi connectivity index (χ2n) is 18.1. The Morgan fingerprint density at radius 1 is 0.615 bits per heavy atom. The number of hydrogen-bond donors (Lipinski definition) is 1. The molecule has 0 amide bonds. The molecule has 4 unspecified atom stereocenters. The quantitative estimate of drug-likeness (QED) is 0.230. The first-order chi connectivity index (χ1) is 24.8. The molecule has 4 rings (SSSR count). The van der Waals surface area contributed by atoms with Gasteiger partial charge in [-0.15, -0.1) is 0 Å². The number of rotatable bonds is 12. The molecule has 2 aromatic rings. The van der Waals surface area contributed by atoms with Crippen molar-refractivity contribution >= 4 is 0 Å². The first-order valence-electron chi connectivity index (χ1n) is 21.0. The van der Waals surface area contributed by atoms with Crippen LogP contribution in [0.2, 0.25) is 0 Å². The van der Waals surface area contributed by atoms with Gasteiger partial charge in [-0.1, -0.05) is 191 Å². The third-order valence-electron chi connectivity index (χ3n) is 10.7. The van der Waals surface area contributed by atoms with Crippen LogP contribution >= 0.6 is 0 Å². The van der Waals surface area contributed by atoms with Crippen molar-refractivity contribution in [1.82, 2.24) is 0 Å². The molecule has 0 radical (unpaired) electrons. The van der Waals surface area contributed by atoms with Gasteiger partial charge in [-0.3, -0.25) is 0 Å². The predicted molar refractivity (Wildman–Crippen MR) is 301 cm³/mol. The molecule has 2 aromatic carbocycles. The monoisotopic (exact) mass is 937 g/mol. The van der Waals surface area contributed by atoms with Crippen LogP contribution in [0.5, 0.6) is 11.5 Å². The number of phenolic OH excluding ortho intramolecular Hbond substituents is 1. The molecule has 2 fully saturated rings. The summed E-state index contributed by atoms with van der Waals surface area (Å²) in [6.45, 7) is 29.4. The zero-order valence-electron chi connectivity index (χ0n) is 36.2. The Labute approximate surface area is 412 Å². The van der Waals surface area contributed by atoms with Gasteiger partial charge in [0.2, 0.25) is 0 Å². The lowest BCUT2D eigenvalue weighted by Crippen LogP contribution is -2.25. The molecule has 2 saturated heterocycles. The molecule has 6 heteroatoms. The highest BCUT2D eigenvalue weighted by Gasteiger charge is 2.31. The van der Waals surface area contributed by atoms with Crippen LogP contribution in [0.1, 0.15) is 282 Å². The highest BCUT2D eigenvalue weighted by atomic mass is 19.3. The van der Waals surface area contributed by atoms with Crippen molar-refractivity contribution in [3.63, 3.8) is 0 Å². The van der Waals surface area contributed by atoms with Crippen molar-refractivity contribution < 1.29 is 28.1 Å². The molecule has 1 N–H and O–H groups in total. The fourth-order valence-corrected chi connectivity index (χ4v) is 7.44. The number of unbranched alkanes of at least 4 members (excludes halogenated alkanes) is 1. The van der Waals surface area contributed by atoms with E-state index in [1.165, 1.54) is 56.1 Å². The van der Waals surface area contributed by atoms with Crippen LogP contribution in [0.15, 0.2) is 24.3 Å². The number of aryl methyl sites for hydroxylation is 2. The molecule has 4 atom stereocenters. The molecule has 0 bridgehead atoms. The van der Waals surface area contributed by atoms with E-state index >= 15 is 0 Å². The van der Waals surface area contributed by atoms with E-state index in [1.807, 2.05) is 20.8 Å². The summed E-state index contributed by atoms with van der Waals surface area (Å²) in [4.78, 5) is 0. The number of aromatic hydroxyl groups is 1. The first-order valence-corrected chi connectivity index (χ1v) is 21.0. The normalized spacial score (nSPS) is 17.0. The largest absolute Gasteiger partial charge is 0.507 e. The molecule has 2 aliphatic heterocycles. The predicted octanol–water partition coefficient (Wildman–Crippen LogP) is 21.9. The van der Waals surface area contributed by atoms with Gasteiger partial charge in [0.05, 0.1) is 18.6 Å². The maximum absolute atomic E-state index is 13.6. The van der Waals surface area contributed by atoms with Crippen molar-refractivity contribution in [3.05, 3.63) is 57.6 Å². The van der Waals surface area contributed by atoms with Crippen LogP contribution < -0.4 is 4.74 Å². The van der Waals surface area contributed by atoms with Crippen LogP contribution in [0, 0.1) is 25.7 Å². The number of alkyl halides is 2. The van der Waals surface area contributed by atoms with Gasteiger partial charge in [0.1, 0.15) is 11.5 Å². The van der Waals surface area contributed by atoms with E-state index in [4.69, 9.17) is 14.2 Å². The minimum Gasteiger partial charge on any atom is -0.507 e. The smallest absolute Gasteiger partial charge is 0.397 e. The van der Waals surface area contributed by atoms with Crippen molar-refractivity contribution in [2.75, 3.05) is 13.2 Å². The summed E-state index contributed by atoms with van der Waals surface area (Å²) in [6.07, 6.45) is 10.9. The second-order valence-corrected chi connectivity index (χ2v) is 18.1. The van der Waals surface area contributed by atoms with Crippen molar-refractivity contribution in [2.45, 2.75) is 292 Å². The molecular weight excluding hydrogens is 811 g/mol.